The summed E-state index contributed by atoms with van der Waals surface area (Å²) in [5.74, 6) is 1.16. The van der Waals surface area contributed by atoms with Gasteiger partial charge in [-0.2, -0.15) is 0 Å². The number of hydrogen-bond acceptors (Lipinski definition) is 4. The van der Waals surface area contributed by atoms with Crippen LogP contribution < -0.4 is 0 Å². The highest BCUT2D eigenvalue weighted by Crippen LogP contribution is 2.29. The Morgan fingerprint density at radius 1 is 0.966 bits per heavy atom. The summed E-state index contributed by atoms with van der Waals surface area (Å²) in [6.07, 6.45) is 1.73. The van der Waals surface area contributed by atoms with Crippen molar-refractivity contribution < 1.29 is 9.50 Å². The quantitative estimate of drug-likeness (QED) is 0.700. The van der Waals surface area contributed by atoms with E-state index in [1.807, 2.05) is 24.3 Å². The van der Waals surface area contributed by atoms with E-state index in [0.717, 1.165) is 60.8 Å². The average molecular weight is 391 g/mol. The number of rotatable bonds is 4. The lowest BCUT2D eigenvalue weighted by atomic mass is 10.00. The molecule has 150 valence electrons. The summed E-state index contributed by atoms with van der Waals surface area (Å²) in [4.78, 5) is 12.2. The maximum absolute atomic E-state index is 13.2. The van der Waals surface area contributed by atoms with Gasteiger partial charge in [-0.15, -0.1) is 0 Å². The van der Waals surface area contributed by atoms with Gasteiger partial charge in [-0.25, -0.2) is 14.4 Å². The highest BCUT2D eigenvalue weighted by molar-refractivity contribution is 5.65. The van der Waals surface area contributed by atoms with Crippen LogP contribution in [0.3, 0.4) is 0 Å². The minimum absolute atomic E-state index is 0.202. The summed E-state index contributed by atoms with van der Waals surface area (Å²) in [5, 5.41) is 9.66. The van der Waals surface area contributed by atoms with Gasteiger partial charge in [-0.05, 0) is 48.4 Å². The molecule has 0 unspecified atom stereocenters. The molecule has 2 aromatic carbocycles. The average Bonchev–Trinajstić information content (AvgIpc) is 2.92. The van der Waals surface area contributed by atoms with E-state index < -0.39 is 0 Å². The first-order valence-electron chi connectivity index (χ1n) is 10.2. The molecule has 1 aliphatic heterocycles. The Kier molecular flexibility index (Phi) is 5.58. The molecule has 5 heteroatoms. The Labute approximate surface area is 171 Å². The van der Waals surface area contributed by atoms with Crippen molar-refractivity contribution in [3.63, 3.8) is 0 Å². The fraction of sp³-hybridized carbons (Fsp3) is 0.333. The van der Waals surface area contributed by atoms with Crippen LogP contribution in [-0.2, 0) is 19.4 Å². The van der Waals surface area contributed by atoms with Gasteiger partial charge >= 0.3 is 0 Å². The number of hydrogen-bond donors (Lipinski definition) is 1. The normalized spacial score (nSPS) is 14.6. The summed E-state index contributed by atoms with van der Waals surface area (Å²) in [6.45, 7) is 6.83. The Morgan fingerprint density at radius 2 is 1.66 bits per heavy atom. The van der Waals surface area contributed by atoms with Crippen LogP contribution in [0.25, 0.3) is 11.3 Å². The molecule has 1 N–H and O–H groups in total. The van der Waals surface area contributed by atoms with Crippen LogP contribution in [0, 0.1) is 5.82 Å². The summed E-state index contributed by atoms with van der Waals surface area (Å²) in [7, 11) is 0. The van der Waals surface area contributed by atoms with Gasteiger partial charge in [0.25, 0.3) is 0 Å². The minimum atomic E-state index is -0.202. The van der Waals surface area contributed by atoms with Gasteiger partial charge in [0.15, 0.2) is 0 Å². The Bertz CT molecular complexity index is 984. The van der Waals surface area contributed by atoms with Gasteiger partial charge in [0.2, 0.25) is 0 Å². The van der Waals surface area contributed by atoms with Crippen molar-refractivity contribution in [1.82, 2.24) is 14.9 Å². The predicted octanol–water partition coefficient (Wildman–Crippen LogP) is 4.71. The Balaban J connectivity index is 1.64. The van der Waals surface area contributed by atoms with Crippen LogP contribution >= 0.6 is 0 Å². The summed E-state index contributed by atoms with van der Waals surface area (Å²) in [6, 6.07) is 14.0. The van der Waals surface area contributed by atoms with E-state index in [9.17, 15) is 9.50 Å². The van der Waals surface area contributed by atoms with Crippen molar-refractivity contribution in [1.29, 1.82) is 0 Å². The van der Waals surface area contributed by atoms with Crippen LogP contribution in [0.5, 0.6) is 5.75 Å². The third-order valence-corrected chi connectivity index (χ3v) is 5.43. The first-order valence-corrected chi connectivity index (χ1v) is 10.2. The molecule has 0 fully saturated rings. The van der Waals surface area contributed by atoms with Crippen molar-refractivity contribution in [2.45, 2.75) is 39.2 Å². The molecule has 0 saturated carbocycles. The third kappa shape index (κ3) is 4.46. The molecular formula is C24H26FN3O. The summed E-state index contributed by atoms with van der Waals surface area (Å²) in [5.41, 5.74) is 5.41. The number of phenolic OH excluding ortho intramolecular Hbond substituents is 1. The molecule has 4 rings (SSSR count). The molecule has 4 nitrogen and oxygen atoms in total. The van der Waals surface area contributed by atoms with E-state index in [-0.39, 0.29) is 17.5 Å². The fourth-order valence-electron chi connectivity index (χ4n) is 3.79. The first-order chi connectivity index (χ1) is 14.0. The number of benzene rings is 2. The van der Waals surface area contributed by atoms with Gasteiger partial charge in [0.1, 0.15) is 17.4 Å². The summed E-state index contributed by atoms with van der Waals surface area (Å²) >= 11 is 0. The molecule has 0 radical (unpaired) electrons. The van der Waals surface area contributed by atoms with E-state index in [1.165, 1.54) is 17.7 Å². The maximum atomic E-state index is 13.2. The van der Waals surface area contributed by atoms with Crippen LogP contribution in [0.1, 0.15) is 42.4 Å². The van der Waals surface area contributed by atoms with Crippen LogP contribution in [0.15, 0.2) is 48.5 Å². The highest BCUT2D eigenvalue weighted by Gasteiger charge is 2.22. The number of aromatic nitrogens is 2. The second kappa shape index (κ2) is 8.29. The van der Waals surface area contributed by atoms with Gasteiger partial charge in [0.05, 0.1) is 5.69 Å². The lowest BCUT2D eigenvalue weighted by Gasteiger charge is -2.19. The zero-order valence-corrected chi connectivity index (χ0v) is 16.9. The first kappa shape index (κ1) is 19.5. The molecule has 0 aliphatic carbocycles. The van der Waals surface area contributed by atoms with E-state index in [0.29, 0.717) is 0 Å². The van der Waals surface area contributed by atoms with Crippen molar-refractivity contribution in [3.8, 4) is 17.0 Å². The van der Waals surface area contributed by atoms with Crippen molar-refractivity contribution >= 4 is 0 Å². The molecule has 0 spiro atoms. The zero-order chi connectivity index (χ0) is 20.4. The van der Waals surface area contributed by atoms with Crippen molar-refractivity contribution in [2.75, 3.05) is 13.1 Å². The molecule has 1 aliphatic rings. The monoisotopic (exact) mass is 391 g/mol. The van der Waals surface area contributed by atoms with Crippen LogP contribution in [-0.4, -0.2) is 33.1 Å². The standard InChI is InChI=1S/C24H26FN3O/c1-16(2)24-26-22-12-14-28(15-17-3-7-19(25)8-4-17)13-11-21(22)23(27-24)18-5-9-20(29)10-6-18/h3-10,16,29H,11-15H2,1-2H3. The Hall–Kier alpha value is -2.79. The van der Waals surface area contributed by atoms with E-state index in [4.69, 9.17) is 9.97 Å². The molecular weight excluding hydrogens is 365 g/mol. The summed E-state index contributed by atoms with van der Waals surface area (Å²) < 4.78 is 13.2. The Morgan fingerprint density at radius 3 is 2.34 bits per heavy atom. The second-order valence-corrected chi connectivity index (χ2v) is 7.96. The van der Waals surface area contributed by atoms with Gasteiger partial charge in [-0.1, -0.05) is 26.0 Å². The lowest BCUT2D eigenvalue weighted by molar-refractivity contribution is 0.279. The van der Waals surface area contributed by atoms with Crippen LogP contribution in [0.2, 0.25) is 0 Å². The number of aromatic hydroxyl groups is 1. The smallest absolute Gasteiger partial charge is 0.131 e. The van der Waals surface area contributed by atoms with Gasteiger partial charge in [0, 0.05) is 48.8 Å². The van der Waals surface area contributed by atoms with Gasteiger partial charge in [-0.3, -0.25) is 4.90 Å². The van der Waals surface area contributed by atoms with Crippen molar-refractivity contribution in [2.24, 2.45) is 0 Å². The maximum Gasteiger partial charge on any atom is 0.131 e. The fourth-order valence-corrected chi connectivity index (χ4v) is 3.79. The molecule has 2 heterocycles. The molecule has 29 heavy (non-hydrogen) atoms. The van der Waals surface area contributed by atoms with Gasteiger partial charge < -0.3 is 5.11 Å². The predicted molar refractivity (Wildman–Crippen MR) is 112 cm³/mol. The van der Waals surface area contributed by atoms with E-state index >= 15 is 0 Å². The number of halogens is 1. The molecule has 1 aromatic heterocycles. The van der Waals surface area contributed by atoms with Crippen LogP contribution in [0.4, 0.5) is 4.39 Å². The largest absolute Gasteiger partial charge is 0.508 e. The molecule has 0 bridgehead atoms. The molecule has 0 saturated heterocycles. The van der Waals surface area contributed by atoms with E-state index in [2.05, 4.69) is 18.7 Å². The molecule has 0 atom stereocenters. The third-order valence-electron chi connectivity index (χ3n) is 5.43. The SMILES string of the molecule is CC(C)c1nc2c(c(-c3ccc(O)cc3)n1)CCN(Cc1ccc(F)cc1)CC2. The topological polar surface area (TPSA) is 49.3 Å². The molecule has 0 amide bonds. The van der Waals surface area contributed by atoms with Crippen molar-refractivity contribution in [3.05, 3.63) is 77.0 Å². The van der Waals surface area contributed by atoms with E-state index in [1.54, 1.807) is 12.1 Å². The lowest BCUT2D eigenvalue weighted by Crippen LogP contribution is -2.25. The second-order valence-electron chi connectivity index (χ2n) is 7.96. The number of phenols is 1. The highest BCUT2D eigenvalue weighted by atomic mass is 19.1. The number of fused-ring (bicyclic) bond motifs is 1. The minimum Gasteiger partial charge on any atom is -0.508 e. The number of nitrogens with zero attached hydrogens (tertiary/aromatic N) is 3. The zero-order valence-electron chi connectivity index (χ0n) is 16.9. The molecule has 3 aromatic rings.